The molecule has 0 saturated heterocycles. The standard InChI is InChI=1S/C10H18O2/c1-7-4-5-8(2)10(3,6-7)9(11)12/h7-8H,4-6H2,1-3H3,(H,11,12)/t7-,8-,10-/m1/s1. The van der Waals surface area contributed by atoms with Crippen LogP contribution in [0.3, 0.4) is 0 Å². The average molecular weight is 170 g/mol. The first-order valence-electron chi connectivity index (χ1n) is 4.70. The van der Waals surface area contributed by atoms with Gasteiger partial charge in [-0.2, -0.15) is 0 Å². The van der Waals surface area contributed by atoms with Crippen LogP contribution < -0.4 is 0 Å². The van der Waals surface area contributed by atoms with Gasteiger partial charge in [0.15, 0.2) is 0 Å². The largest absolute Gasteiger partial charge is 0.481 e. The summed E-state index contributed by atoms with van der Waals surface area (Å²) in [5.41, 5.74) is -0.475. The van der Waals surface area contributed by atoms with Crippen LogP contribution in [-0.4, -0.2) is 11.1 Å². The smallest absolute Gasteiger partial charge is 0.309 e. The molecule has 0 amide bonds. The Morgan fingerprint density at radius 2 is 2.00 bits per heavy atom. The highest BCUT2D eigenvalue weighted by molar-refractivity contribution is 5.74. The zero-order valence-electron chi connectivity index (χ0n) is 8.13. The molecule has 0 bridgehead atoms. The summed E-state index contributed by atoms with van der Waals surface area (Å²) in [5, 5.41) is 9.09. The van der Waals surface area contributed by atoms with E-state index < -0.39 is 11.4 Å². The molecule has 0 aromatic carbocycles. The maximum Gasteiger partial charge on any atom is 0.309 e. The lowest BCUT2D eigenvalue weighted by Gasteiger charge is -2.38. The maximum absolute atomic E-state index is 11.0. The van der Waals surface area contributed by atoms with E-state index in [0.29, 0.717) is 11.8 Å². The molecule has 2 heteroatoms. The van der Waals surface area contributed by atoms with Crippen molar-refractivity contribution in [3.8, 4) is 0 Å². The highest BCUT2D eigenvalue weighted by Gasteiger charge is 2.42. The monoisotopic (exact) mass is 170 g/mol. The van der Waals surface area contributed by atoms with Gasteiger partial charge in [-0.05, 0) is 31.6 Å². The van der Waals surface area contributed by atoms with Crippen molar-refractivity contribution < 1.29 is 9.90 Å². The molecule has 0 aromatic rings. The Hall–Kier alpha value is -0.530. The number of aliphatic carboxylic acids is 1. The predicted molar refractivity (Wildman–Crippen MR) is 47.9 cm³/mol. The van der Waals surface area contributed by atoms with Crippen LogP contribution in [0.1, 0.15) is 40.0 Å². The van der Waals surface area contributed by atoms with Crippen LogP contribution in [-0.2, 0) is 4.79 Å². The molecule has 1 N–H and O–H groups in total. The second kappa shape index (κ2) is 3.08. The Kier molecular flexibility index (Phi) is 2.45. The Bertz CT molecular complexity index is 188. The fourth-order valence-corrected chi connectivity index (χ4v) is 2.18. The molecule has 2 nitrogen and oxygen atoms in total. The number of carbonyl (C=O) groups is 1. The predicted octanol–water partition coefficient (Wildman–Crippen LogP) is 2.53. The van der Waals surface area contributed by atoms with E-state index in [-0.39, 0.29) is 0 Å². The van der Waals surface area contributed by atoms with Crippen molar-refractivity contribution in [1.29, 1.82) is 0 Å². The van der Waals surface area contributed by atoms with E-state index in [2.05, 4.69) is 13.8 Å². The molecule has 1 rings (SSSR count). The van der Waals surface area contributed by atoms with Crippen LogP contribution >= 0.6 is 0 Å². The summed E-state index contributed by atoms with van der Waals surface area (Å²) in [6, 6.07) is 0. The third-order valence-corrected chi connectivity index (χ3v) is 3.44. The SMILES string of the molecule is C[C@@H]1CC[C@@H](C)[C@](C)(C(=O)O)C1. The van der Waals surface area contributed by atoms with E-state index in [1.54, 1.807) is 0 Å². The summed E-state index contributed by atoms with van der Waals surface area (Å²) in [4.78, 5) is 11.0. The topological polar surface area (TPSA) is 37.3 Å². The molecular weight excluding hydrogens is 152 g/mol. The van der Waals surface area contributed by atoms with Crippen molar-refractivity contribution in [3.63, 3.8) is 0 Å². The van der Waals surface area contributed by atoms with Crippen LogP contribution in [0.15, 0.2) is 0 Å². The third kappa shape index (κ3) is 1.47. The van der Waals surface area contributed by atoms with E-state index in [1.165, 1.54) is 6.42 Å². The van der Waals surface area contributed by atoms with Crippen molar-refractivity contribution in [2.75, 3.05) is 0 Å². The fraction of sp³-hybridized carbons (Fsp3) is 0.900. The van der Waals surface area contributed by atoms with Crippen molar-refractivity contribution in [2.24, 2.45) is 17.3 Å². The Balaban J connectivity index is 2.77. The minimum atomic E-state index is -0.624. The van der Waals surface area contributed by atoms with Gasteiger partial charge in [0.25, 0.3) is 0 Å². The Labute approximate surface area is 74.0 Å². The summed E-state index contributed by atoms with van der Waals surface area (Å²) >= 11 is 0. The Morgan fingerprint density at radius 1 is 1.42 bits per heavy atom. The molecule has 0 aromatic heterocycles. The molecule has 1 aliphatic rings. The molecule has 0 spiro atoms. The minimum absolute atomic E-state index is 0.325. The number of rotatable bonds is 1. The summed E-state index contributed by atoms with van der Waals surface area (Å²) in [6.07, 6.45) is 3.08. The van der Waals surface area contributed by atoms with E-state index >= 15 is 0 Å². The van der Waals surface area contributed by atoms with Gasteiger partial charge in [0.1, 0.15) is 0 Å². The zero-order valence-corrected chi connectivity index (χ0v) is 8.13. The van der Waals surface area contributed by atoms with Gasteiger partial charge >= 0.3 is 5.97 Å². The molecule has 1 aliphatic carbocycles. The van der Waals surface area contributed by atoms with Crippen LogP contribution in [0.4, 0.5) is 0 Å². The lowest BCUT2D eigenvalue weighted by Crippen LogP contribution is -2.39. The number of carboxylic acids is 1. The summed E-state index contributed by atoms with van der Waals surface area (Å²) in [7, 11) is 0. The minimum Gasteiger partial charge on any atom is -0.481 e. The van der Waals surface area contributed by atoms with Crippen LogP contribution in [0, 0.1) is 17.3 Å². The molecule has 3 atom stereocenters. The van der Waals surface area contributed by atoms with Gasteiger partial charge in [-0.25, -0.2) is 0 Å². The first kappa shape index (κ1) is 9.56. The van der Waals surface area contributed by atoms with E-state index in [9.17, 15) is 4.79 Å². The van der Waals surface area contributed by atoms with Gasteiger partial charge in [0.05, 0.1) is 5.41 Å². The highest BCUT2D eigenvalue weighted by Crippen LogP contribution is 2.43. The van der Waals surface area contributed by atoms with Gasteiger partial charge in [-0.1, -0.05) is 20.3 Å². The average Bonchev–Trinajstić information content (AvgIpc) is 1.97. The summed E-state index contributed by atoms with van der Waals surface area (Å²) in [6.45, 7) is 6.09. The molecule has 1 saturated carbocycles. The van der Waals surface area contributed by atoms with Gasteiger partial charge in [-0.15, -0.1) is 0 Å². The molecular formula is C10H18O2. The van der Waals surface area contributed by atoms with Crippen LogP contribution in [0.25, 0.3) is 0 Å². The molecule has 1 fully saturated rings. The quantitative estimate of drug-likeness (QED) is 0.656. The second-order valence-corrected chi connectivity index (χ2v) is 4.51. The number of hydrogen-bond acceptors (Lipinski definition) is 1. The van der Waals surface area contributed by atoms with Crippen molar-refractivity contribution in [3.05, 3.63) is 0 Å². The number of hydrogen-bond donors (Lipinski definition) is 1. The molecule has 0 radical (unpaired) electrons. The first-order chi connectivity index (χ1) is 5.47. The van der Waals surface area contributed by atoms with Gasteiger partial charge in [0.2, 0.25) is 0 Å². The van der Waals surface area contributed by atoms with Crippen molar-refractivity contribution in [1.82, 2.24) is 0 Å². The lowest BCUT2D eigenvalue weighted by atomic mass is 9.65. The summed E-state index contributed by atoms with van der Waals surface area (Å²) < 4.78 is 0. The van der Waals surface area contributed by atoms with Crippen molar-refractivity contribution >= 4 is 5.97 Å². The van der Waals surface area contributed by atoms with Gasteiger partial charge < -0.3 is 5.11 Å². The van der Waals surface area contributed by atoms with E-state index in [0.717, 1.165) is 12.8 Å². The number of carboxylic acid groups (broad SMARTS) is 1. The normalized spacial score (nSPS) is 42.6. The van der Waals surface area contributed by atoms with E-state index in [1.807, 2.05) is 6.92 Å². The zero-order chi connectivity index (χ0) is 9.35. The van der Waals surface area contributed by atoms with E-state index in [4.69, 9.17) is 5.11 Å². The Morgan fingerprint density at radius 3 is 2.42 bits per heavy atom. The molecule has 70 valence electrons. The highest BCUT2D eigenvalue weighted by atomic mass is 16.4. The maximum atomic E-state index is 11.0. The molecule has 12 heavy (non-hydrogen) atoms. The van der Waals surface area contributed by atoms with Crippen LogP contribution in [0.2, 0.25) is 0 Å². The van der Waals surface area contributed by atoms with Gasteiger partial charge in [-0.3, -0.25) is 4.79 Å². The second-order valence-electron chi connectivity index (χ2n) is 4.51. The van der Waals surface area contributed by atoms with Gasteiger partial charge in [0, 0.05) is 0 Å². The molecule has 0 heterocycles. The van der Waals surface area contributed by atoms with Crippen LogP contribution in [0.5, 0.6) is 0 Å². The summed E-state index contributed by atoms with van der Waals surface area (Å²) in [5.74, 6) is 0.273. The lowest BCUT2D eigenvalue weighted by molar-refractivity contribution is -0.154. The molecule has 0 aliphatic heterocycles. The fourth-order valence-electron chi connectivity index (χ4n) is 2.18. The molecule has 0 unspecified atom stereocenters. The van der Waals surface area contributed by atoms with Crippen molar-refractivity contribution in [2.45, 2.75) is 40.0 Å². The first-order valence-corrected chi connectivity index (χ1v) is 4.70. The third-order valence-electron chi connectivity index (χ3n) is 3.44.